The van der Waals surface area contributed by atoms with E-state index in [9.17, 15) is 22.4 Å². The first-order valence-electron chi connectivity index (χ1n) is 6.22. The summed E-state index contributed by atoms with van der Waals surface area (Å²) in [7, 11) is 0. The van der Waals surface area contributed by atoms with Gasteiger partial charge in [0.2, 0.25) is 0 Å². The Bertz CT molecular complexity index is 460. The van der Waals surface area contributed by atoms with Gasteiger partial charge in [-0.3, -0.25) is 4.79 Å². The van der Waals surface area contributed by atoms with Crippen molar-refractivity contribution in [2.75, 3.05) is 18.4 Å². The second-order valence-electron chi connectivity index (χ2n) is 4.17. The molecule has 0 saturated heterocycles. The Morgan fingerprint density at radius 1 is 1.30 bits per heavy atom. The van der Waals surface area contributed by atoms with Gasteiger partial charge < -0.3 is 10.6 Å². The zero-order chi connectivity index (χ0) is 15.2. The Kier molecular flexibility index (Phi) is 5.79. The molecular weight excluding hydrogens is 276 g/mol. The van der Waals surface area contributed by atoms with Crippen molar-refractivity contribution in [1.29, 1.82) is 0 Å². The molecule has 3 nitrogen and oxygen atoms in total. The van der Waals surface area contributed by atoms with Crippen molar-refractivity contribution in [2.24, 2.45) is 0 Å². The summed E-state index contributed by atoms with van der Waals surface area (Å²) in [6.45, 7) is 2.06. The van der Waals surface area contributed by atoms with Crippen LogP contribution in [0.15, 0.2) is 18.2 Å². The van der Waals surface area contributed by atoms with Crippen LogP contribution in [0.4, 0.5) is 23.2 Å². The lowest BCUT2D eigenvalue weighted by Gasteiger charge is -2.12. The molecule has 0 aliphatic heterocycles. The Morgan fingerprint density at radius 2 is 2.00 bits per heavy atom. The van der Waals surface area contributed by atoms with Crippen LogP contribution in [0.3, 0.4) is 0 Å². The number of nitrogens with one attached hydrogen (secondary N) is 2. The number of hydrogen-bond donors (Lipinski definition) is 2. The Morgan fingerprint density at radius 3 is 2.60 bits per heavy atom. The lowest BCUT2D eigenvalue weighted by atomic mass is 10.1. The number of carbonyl (C=O) groups excluding carboxylic acids is 1. The topological polar surface area (TPSA) is 41.1 Å². The lowest BCUT2D eigenvalue weighted by Crippen LogP contribution is -2.26. The third-order valence-corrected chi connectivity index (χ3v) is 2.53. The highest BCUT2D eigenvalue weighted by Crippen LogP contribution is 2.21. The SMILES string of the molecule is CCNc1c(F)cccc1C(=O)NCCCC(F)(F)F. The summed E-state index contributed by atoms with van der Waals surface area (Å²) in [5.41, 5.74) is 0.141. The first-order chi connectivity index (χ1) is 9.35. The molecule has 0 aromatic heterocycles. The van der Waals surface area contributed by atoms with Crippen LogP contribution in [0.1, 0.15) is 30.1 Å². The number of para-hydroxylation sites is 1. The largest absolute Gasteiger partial charge is 0.389 e. The average Bonchev–Trinajstić information content (AvgIpc) is 2.36. The van der Waals surface area contributed by atoms with Crippen molar-refractivity contribution in [3.8, 4) is 0 Å². The van der Waals surface area contributed by atoms with E-state index in [2.05, 4.69) is 10.6 Å². The van der Waals surface area contributed by atoms with Crippen molar-refractivity contribution in [1.82, 2.24) is 5.32 Å². The molecule has 7 heteroatoms. The van der Waals surface area contributed by atoms with Crippen molar-refractivity contribution in [3.63, 3.8) is 0 Å². The van der Waals surface area contributed by atoms with E-state index in [1.807, 2.05) is 0 Å². The summed E-state index contributed by atoms with van der Waals surface area (Å²) in [6, 6.07) is 4.00. The van der Waals surface area contributed by atoms with E-state index in [0.29, 0.717) is 6.54 Å². The number of carbonyl (C=O) groups is 1. The van der Waals surface area contributed by atoms with Crippen LogP contribution in [-0.4, -0.2) is 25.2 Å². The lowest BCUT2D eigenvalue weighted by molar-refractivity contribution is -0.135. The predicted octanol–water partition coefficient (Wildman–Crippen LogP) is 3.33. The van der Waals surface area contributed by atoms with Gasteiger partial charge in [-0.15, -0.1) is 0 Å². The fourth-order valence-electron chi connectivity index (χ4n) is 1.66. The van der Waals surface area contributed by atoms with E-state index in [1.165, 1.54) is 18.2 Å². The van der Waals surface area contributed by atoms with Crippen LogP contribution in [0, 0.1) is 5.82 Å². The van der Waals surface area contributed by atoms with Gasteiger partial charge in [0.25, 0.3) is 5.91 Å². The van der Waals surface area contributed by atoms with Crippen LogP contribution in [0.25, 0.3) is 0 Å². The van der Waals surface area contributed by atoms with Gasteiger partial charge in [0.1, 0.15) is 5.82 Å². The van der Waals surface area contributed by atoms with Gasteiger partial charge in [-0.05, 0) is 25.5 Å². The molecular formula is C13H16F4N2O. The molecule has 0 heterocycles. The molecule has 0 saturated carbocycles. The molecule has 0 radical (unpaired) electrons. The zero-order valence-electron chi connectivity index (χ0n) is 11.0. The highest BCUT2D eigenvalue weighted by molar-refractivity contribution is 5.99. The van der Waals surface area contributed by atoms with Crippen LogP contribution in [0.2, 0.25) is 0 Å². The van der Waals surface area contributed by atoms with Gasteiger partial charge in [0, 0.05) is 19.5 Å². The minimum atomic E-state index is -4.24. The first-order valence-corrected chi connectivity index (χ1v) is 6.22. The van der Waals surface area contributed by atoms with Crippen molar-refractivity contribution >= 4 is 11.6 Å². The molecule has 1 aromatic rings. The molecule has 1 rings (SSSR count). The van der Waals surface area contributed by atoms with Crippen LogP contribution < -0.4 is 10.6 Å². The maximum atomic E-state index is 13.6. The van der Waals surface area contributed by atoms with Crippen molar-refractivity contribution in [2.45, 2.75) is 25.9 Å². The maximum absolute atomic E-state index is 13.6. The van der Waals surface area contributed by atoms with E-state index in [4.69, 9.17) is 0 Å². The summed E-state index contributed by atoms with van der Waals surface area (Å²) < 4.78 is 49.4. The highest BCUT2D eigenvalue weighted by Gasteiger charge is 2.26. The molecule has 1 aromatic carbocycles. The Labute approximate surface area is 114 Å². The van der Waals surface area contributed by atoms with Gasteiger partial charge in [-0.25, -0.2) is 4.39 Å². The van der Waals surface area contributed by atoms with E-state index in [1.54, 1.807) is 6.92 Å². The van der Waals surface area contributed by atoms with Gasteiger partial charge in [0.15, 0.2) is 0 Å². The summed E-state index contributed by atoms with van der Waals surface area (Å²) in [6.07, 6.45) is -5.41. The number of hydrogen-bond acceptors (Lipinski definition) is 2. The zero-order valence-corrected chi connectivity index (χ0v) is 11.0. The van der Waals surface area contributed by atoms with Crippen LogP contribution >= 0.6 is 0 Å². The monoisotopic (exact) mass is 292 g/mol. The number of benzene rings is 1. The summed E-state index contributed by atoms with van der Waals surface area (Å²) in [5, 5.41) is 5.08. The smallest absolute Gasteiger partial charge is 0.382 e. The molecule has 0 unspecified atom stereocenters. The van der Waals surface area contributed by atoms with Crippen molar-refractivity contribution < 1.29 is 22.4 Å². The molecule has 0 bridgehead atoms. The first kappa shape index (κ1) is 16.3. The molecule has 2 N–H and O–H groups in total. The predicted molar refractivity (Wildman–Crippen MR) is 68.2 cm³/mol. The number of anilines is 1. The normalized spacial score (nSPS) is 11.2. The standard InChI is InChI=1S/C13H16F4N2O/c1-2-18-11-9(5-3-6-10(11)14)12(20)19-8-4-7-13(15,16)17/h3,5-6,18H,2,4,7-8H2,1H3,(H,19,20). The van der Waals surface area contributed by atoms with E-state index in [-0.39, 0.29) is 24.2 Å². The third-order valence-electron chi connectivity index (χ3n) is 2.53. The molecule has 0 aliphatic carbocycles. The summed E-state index contributed by atoms with van der Waals surface area (Å²) >= 11 is 0. The number of rotatable bonds is 6. The van der Waals surface area contributed by atoms with E-state index in [0.717, 1.165) is 0 Å². The number of amides is 1. The summed E-state index contributed by atoms with van der Waals surface area (Å²) in [4.78, 5) is 11.8. The highest BCUT2D eigenvalue weighted by atomic mass is 19.4. The minimum Gasteiger partial charge on any atom is -0.382 e. The average molecular weight is 292 g/mol. The van der Waals surface area contributed by atoms with E-state index < -0.39 is 24.3 Å². The number of halogens is 4. The second kappa shape index (κ2) is 7.12. The molecule has 0 atom stereocenters. The maximum Gasteiger partial charge on any atom is 0.389 e. The molecule has 0 aliphatic rings. The van der Waals surface area contributed by atoms with Crippen LogP contribution in [0.5, 0.6) is 0 Å². The fraction of sp³-hybridized carbons (Fsp3) is 0.462. The second-order valence-corrected chi connectivity index (χ2v) is 4.17. The fourth-order valence-corrected chi connectivity index (χ4v) is 1.66. The van der Waals surface area contributed by atoms with Crippen LogP contribution in [-0.2, 0) is 0 Å². The van der Waals surface area contributed by atoms with Gasteiger partial charge >= 0.3 is 6.18 Å². The quantitative estimate of drug-likeness (QED) is 0.624. The summed E-state index contributed by atoms with van der Waals surface area (Å²) in [5.74, 6) is -1.17. The third kappa shape index (κ3) is 5.07. The molecule has 0 spiro atoms. The molecule has 1 amide bonds. The van der Waals surface area contributed by atoms with Crippen molar-refractivity contribution in [3.05, 3.63) is 29.6 Å². The number of alkyl halides is 3. The molecule has 0 fully saturated rings. The molecule has 20 heavy (non-hydrogen) atoms. The minimum absolute atomic E-state index is 0.0586. The van der Waals surface area contributed by atoms with Gasteiger partial charge in [-0.2, -0.15) is 13.2 Å². The van der Waals surface area contributed by atoms with E-state index >= 15 is 0 Å². The molecule has 112 valence electrons. The Balaban J connectivity index is 2.61. The Hall–Kier alpha value is -1.79. The van der Waals surface area contributed by atoms with Gasteiger partial charge in [-0.1, -0.05) is 6.07 Å². The van der Waals surface area contributed by atoms with Gasteiger partial charge in [0.05, 0.1) is 11.3 Å².